The second-order valence-electron chi connectivity index (χ2n) is 6.89. The molecule has 0 bridgehead atoms. The number of benzene rings is 1. The van der Waals surface area contributed by atoms with Gasteiger partial charge in [-0.1, -0.05) is 18.9 Å². The standard InChI is InChI=1S/C19H20FN3O4S/c20-14-4-3-7-16(11-14)28(25,26)23-8-9-27-19-17(23)10-13(12-21-19)18(24)22-15-5-1-2-6-15/h3-4,7,10-12,15H,1-2,5-6,8-9H2,(H,22,24). The average molecular weight is 405 g/mol. The molecule has 0 unspecified atom stereocenters. The summed E-state index contributed by atoms with van der Waals surface area (Å²) in [5.74, 6) is -0.808. The number of hydrogen-bond acceptors (Lipinski definition) is 5. The lowest BCUT2D eigenvalue weighted by atomic mass is 10.2. The number of hydrogen-bond donors (Lipinski definition) is 1. The van der Waals surface area contributed by atoms with E-state index in [1.165, 1.54) is 30.5 Å². The number of carbonyl (C=O) groups excluding carboxylic acids is 1. The molecule has 0 saturated heterocycles. The molecule has 1 fully saturated rings. The molecule has 1 aromatic carbocycles. The molecule has 1 aliphatic carbocycles. The summed E-state index contributed by atoms with van der Waals surface area (Å²) in [7, 11) is -4.02. The SMILES string of the molecule is O=C(NC1CCCC1)c1cnc2c(c1)N(S(=O)(=O)c1cccc(F)c1)CCO2. The van der Waals surface area contributed by atoms with Gasteiger partial charge in [0.05, 0.1) is 17.0 Å². The number of sulfonamides is 1. The van der Waals surface area contributed by atoms with Crippen molar-refractivity contribution < 1.29 is 22.3 Å². The minimum Gasteiger partial charge on any atom is -0.474 e. The largest absolute Gasteiger partial charge is 0.474 e. The molecule has 7 nitrogen and oxygen atoms in total. The Kier molecular flexibility index (Phi) is 4.92. The van der Waals surface area contributed by atoms with Crippen LogP contribution in [0.15, 0.2) is 41.4 Å². The van der Waals surface area contributed by atoms with Crippen LogP contribution in [-0.2, 0) is 10.0 Å². The van der Waals surface area contributed by atoms with Crippen LogP contribution in [0.3, 0.4) is 0 Å². The highest BCUT2D eigenvalue weighted by Gasteiger charge is 2.32. The average Bonchev–Trinajstić information content (AvgIpc) is 3.20. The van der Waals surface area contributed by atoms with Crippen molar-refractivity contribution in [3.05, 3.63) is 47.9 Å². The fraction of sp³-hybridized carbons (Fsp3) is 0.368. The van der Waals surface area contributed by atoms with Crippen LogP contribution in [0.2, 0.25) is 0 Å². The molecule has 1 N–H and O–H groups in total. The number of nitrogens with one attached hydrogen (secondary N) is 1. The molecule has 2 aliphatic rings. The third-order valence-electron chi connectivity index (χ3n) is 4.97. The highest BCUT2D eigenvalue weighted by Crippen LogP contribution is 2.34. The third kappa shape index (κ3) is 3.54. The van der Waals surface area contributed by atoms with Crippen LogP contribution in [0.1, 0.15) is 36.0 Å². The molecule has 28 heavy (non-hydrogen) atoms. The first kappa shape index (κ1) is 18.7. The first-order valence-corrected chi connectivity index (χ1v) is 10.6. The van der Waals surface area contributed by atoms with Gasteiger partial charge < -0.3 is 10.1 Å². The molecule has 0 radical (unpaired) electrons. The molecule has 148 valence electrons. The van der Waals surface area contributed by atoms with Crippen molar-refractivity contribution in [1.82, 2.24) is 10.3 Å². The summed E-state index contributed by atoms with van der Waals surface area (Å²) in [6.45, 7) is 0.156. The number of anilines is 1. The molecule has 1 saturated carbocycles. The van der Waals surface area contributed by atoms with Crippen molar-refractivity contribution in [3.8, 4) is 5.88 Å². The Hall–Kier alpha value is -2.68. The lowest BCUT2D eigenvalue weighted by molar-refractivity contribution is 0.0937. The summed E-state index contributed by atoms with van der Waals surface area (Å²) in [6.07, 6.45) is 5.42. The van der Waals surface area contributed by atoms with Crippen LogP contribution >= 0.6 is 0 Å². The number of pyridine rings is 1. The van der Waals surface area contributed by atoms with Gasteiger partial charge in [0.15, 0.2) is 0 Å². The summed E-state index contributed by atoms with van der Waals surface area (Å²) in [4.78, 5) is 16.5. The monoisotopic (exact) mass is 405 g/mol. The van der Waals surface area contributed by atoms with E-state index in [2.05, 4.69) is 10.3 Å². The summed E-state index contributed by atoms with van der Waals surface area (Å²) < 4.78 is 46.2. The van der Waals surface area contributed by atoms with Gasteiger partial charge in [0.1, 0.15) is 18.1 Å². The van der Waals surface area contributed by atoms with Crippen LogP contribution < -0.4 is 14.4 Å². The first-order valence-electron chi connectivity index (χ1n) is 9.17. The fourth-order valence-electron chi connectivity index (χ4n) is 3.54. The third-order valence-corrected chi connectivity index (χ3v) is 6.78. The predicted molar refractivity (Wildman–Crippen MR) is 100 cm³/mol. The molecule has 2 aromatic rings. The van der Waals surface area contributed by atoms with Crippen molar-refractivity contribution in [2.24, 2.45) is 0 Å². The van der Waals surface area contributed by atoms with Crippen LogP contribution in [0.25, 0.3) is 0 Å². The Labute approximate surface area is 162 Å². The van der Waals surface area contributed by atoms with E-state index in [0.717, 1.165) is 36.1 Å². The van der Waals surface area contributed by atoms with Gasteiger partial charge in [0.25, 0.3) is 15.9 Å². The zero-order valence-corrected chi connectivity index (χ0v) is 15.9. The van der Waals surface area contributed by atoms with Crippen molar-refractivity contribution in [1.29, 1.82) is 0 Å². The number of nitrogens with zero attached hydrogens (tertiary/aromatic N) is 2. The van der Waals surface area contributed by atoms with Gasteiger partial charge in [-0.15, -0.1) is 0 Å². The van der Waals surface area contributed by atoms with Gasteiger partial charge in [-0.2, -0.15) is 0 Å². The van der Waals surface area contributed by atoms with E-state index in [0.29, 0.717) is 0 Å². The number of carbonyl (C=O) groups is 1. The molecular weight excluding hydrogens is 385 g/mol. The van der Waals surface area contributed by atoms with Gasteiger partial charge in [-0.3, -0.25) is 9.10 Å². The molecule has 1 aromatic heterocycles. The molecule has 0 atom stereocenters. The van der Waals surface area contributed by atoms with Crippen LogP contribution in [0, 0.1) is 5.82 Å². The number of amides is 1. The lowest BCUT2D eigenvalue weighted by Crippen LogP contribution is -2.39. The minimum absolute atomic E-state index is 0.0429. The van der Waals surface area contributed by atoms with Gasteiger partial charge in [-0.25, -0.2) is 17.8 Å². The number of halogens is 1. The predicted octanol–water partition coefficient (Wildman–Crippen LogP) is 2.48. The maximum atomic E-state index is 13.6. The Bertz CT molecular complexity index is 1010. The normalized spacial score (nSPS) is 17.1. The minimum atomic E-state index is -4.02. The van der Waals surface area contributed by atoms with Crippen LogP contribution in [-0.4, -0.2) is 38.5 Å². The first-order chi connectivity index (χ1) is 13.4. The Morgan fingerprint density at radius 3 is 2.79 bits per heavy atom. The maximum Gasteiger partial charge on any atom is 0.264 e. The Morgan fingerprint density at radius 2 is 2.04 bits per heavy atom. The van der Waals surface area contributed by atoms with E-state index in [1.807, 2.05) is 0 Å². The van der Waals surface area contributed by atoms with Gasteiger partial charge in [-0.05, 0) is 37.1 Å². The van der Waals surface area contributed by atoms with Crippen molar-refractivity contribution in [2.45, 2.75) is 36.6 Å². The van der Waals surface area contributed by atoms with Crippen molar-refractivity contribution >= 4 is 21.6 Å². The summed E-state index contributed by atoms with van der Waals surface area (Å²) in [5.41, 5.74) is 0.435. The molecule has 1 aliphatic heterocycles. The zero-order valence-electron chi connectivity index (χ0n) is 15.1. The number of rotatable bonds is 4. The Balaban J connectivity index is 1.67. The quantitative estimate of drug-likeness (QED) is 0.844. The Morgan fingerprint density at radius 1 is 1.25 bits per heavy atom. The summed E-state index contributed by atoms with van der Waals surface area (Å²) >= 11 is 0. The molecule has 2 heterocycles. The summed E-state index contributed by atoms with van der Waals surface area (Å²) in [5, 5.41) is 2.96. The van der Waals surface area contributed by atoms with Gasteiger partial charge in [0.2, 0.25) is 5.88 Å². The number of ether oxygens (including phenoxy) is 1. The van der Waals surface area contributed by atoms with Gasteiger partial charge >= 0.3 is 0 Å². The molecular formula is C19H20FN3O4S. The zero-order chi connectivity index (χ0) is 19.7. The molecule has 9 heteroatoms. The van der Waals surface area contributed by atoms with E-state index >= 15 is 0 Å². The summed E-state index contributed by atoms with van der Waals surface area (Å²) in [6, 6.07) is 6.41. The maximum absolute atomic E-state index is 13.6. The topological polar surface area (TPSA) is 88.6 Å². The molecule has 1 amide bonds. The van der Waals surface area contributed by atoms with E-state index < -0.39 is 15.8 Å². The fourth-order valence-corrected chi connectivity index (χ4v) is 5.01. The number of aromatic nitrogens is 1. The highest BCUT2D eigenvalue weighted by molar-refractivity contribution is 7.92. The smallest absolute Gasteiger partial charge is 0.264 e. The lowest BCUT2D eigenvalue weighted by Gasteiger charge is -2.30. The number of fused-ring (bicyclic) bond motifs is 1. The van der Waals surface area contributed by atoms with Crippen molar-refractivity contribution in [3.63, 3.8) is 0 Å². The molecule has 4 rings (SSSR count). The molecule has 0 spiro atoms. The van der Waals surface area contributed by atoms with E-state index in [1.54, 1.807) is 0 Å². The van der Waals surface area contributed by atoms with Crippen molar-refractivity contribution in [2.75, 3.05) is 17.5 Å². The van der Waals surface area contributed by atoms with E-state index in [9.17, 15) is 17.6 Å². The van der Waals surface area contributed by atoms with E-state index in [-0.39, 0.29) is 47.1 Å². The van der Waals surface area contributed by atoms with Crippen LogP contribution in [0.4, 0.5) is 10.1 Å². The van der Waals surface area contributed by atoms with E-state index in [4.69, 9.17) is 4.74 Å². The van der Waals surface area contributed by atoms with Gasteiger partial charge in [0, 0.05) is 12.2 Å². The van der Waals surface area contributed by atoms with Crippen LogP contribution in [0.5, 0.6) is 5.88 Å². The second-order valence-corrected chi connectivity index (χ2v) is 8.75. The second kappa shape index (κ2) is 7.38. The highest BCUT2D eigenvalue weighted by atomic mass is 32.2.